The first-order valence-corrected chi connectivity index (χ1v) is 5.14. The molecule has 0 aliphatic heterocycles. The minimum Gasteiger partial charge on any atom is -0.331 e. The lowest BCUT2D eigenvalue weighted by Gasteiger charge is -2.30. The zero-order valence-corrected chi connectivity index (χ0v) is 8.92. The normalized spacial score (nSPS) is 17.5. The van der Waals surface area contributed by atoms with Crippen molar-refractivity contribution in [1.29, 1.82) is 0 Å². The highest BCUT2D eigenvalue weighted by Gasteiger charge is 2.25. The molecule has 1 aliphatic carbocycles. The molecular formula is C10H20N2O. The van der Waals surface area contributed by atoms with Crippen LogP contribution in [0.1, 0.15) is 32.6 Å². The summed E-state index contributed by atoms with van der Waals surface area (Å²) in [6.07, 6.45) is 4.94. The summed E-state index contributed by atoms with van der Waals surface area (Å²) in [7, 11) is 3.64. The predicted molar refractivity (Wildman–Crippen MR) is 53.7 cm³/mol. The fraction of sp³-hybridized carbons (Fsp3) is 0.900. The first kappa shape index (κ1) is 10.4. The van der Waals surface area contributed by atoms with Crippen LogP contribution in [0, 0.1) is 0 Å². The van der Waals surface area contributed by atoms with E-state index in [2.05, 4.69) is 6.92 Å². The van der Waals surface area contributed by atoms with Crippen LogP contribution < -0.4 is 0 Å². The molecule has 0 unspecified atom stereocenters. The fourth-order valence-electron chi connectivity index (χ4n) is 2.02. The Hall–Kier alpha value is -0.730. The van der Waals surface area contributed by atoms with Crippen LogP contribution in [0.4, 0.5) is 4.79 Å². The van der Waals surface area contributed by atoms with Crippen molar-refractivity contribution >= 4 is 6.03 Å². The average Bonchev–Trinajstić information content (AvgIpc) is 2.58. The number of hydrogen-bond donors (Lipinski definition) is 0. The minimum absolute atomic E-state index is 0.161. The molecule has 0 aromatic heterocycles. The SMILES string of the molecule is CCN(C(=O)N(C)C)C1CCCC1. The second-order valence-electron chi connectivity index (χ2n) is 3.90. The Morgan fingerprint density at radius 2 is 1.85 bits per heavy atom. The average molecular weight is 184 g/mol. The lowest BCUT2D eigenvalue weighted by molar-refractivity contribution is 0.153. The van der Waals surface area contributed by atoms with Gasteiger partial charge in [-0.3, -0.25) is 0 Å². The minimum atomic E-state index is 0.161. The van der Waals surface area contributed by atoms with E-state index in [1.807, 2.05) is 19.0 Å². The molecule has 1 aliphatic rings. The third kappa shape index (κ3) is 2.36. The topological polar surface area (TPSA) is 23.6 Å². The molecular weight excluding hydrogens is 164 g/mol. The van der Waals surface area contributed by atoms with E-state index in [-0.39, 0.29) is 6.03 Å². The third-order valence-corrected chi connectivity index (χ3v) is 2.73. The third-order valence-electron chi connectivity index (χ3n) is 2.73. The summed E-state index contributed by atoms with van der Waals surface area (Å²) in [5, 5.41) is 0. The zero-order chi connectivity index (χ0) is 9.84. The van der Waals surface area contributed by atoms with E-state index >= 15 is 0 Å². The van der Waals surface area contributed by atoms with Crippen molar-refractivity contribution in [3.8, 4) is 0 Å². The molecule has 3 nitrogen and oxygen atoms in total. The second kappa shape index (κ2) is 4.49. The van der Waals surface area contributed by atoms with Gasteiger partial charge in [0.15, 0.2) is 0 Å². The van der Waals surface area contributed by atoms with E-state index in [0.717, 1.165) is 6.54 Å². The highest BCUT2D eigenvalue weighted by atomic mass is 16.2. The second-order valence-corrected chi connectivity index (χ2v) is 3.90. The van der Waals surface area contributed by atoms with Crippen LogP contribution in [0.5, 0.6) is 0 Å². The summed E-state index contributed by atoms with van der Waals surface area (Å²) < 4.78 is 0. The van der Waals surface area contributed by atoms with Crippen LogP contribution >= 0.6 is 0 Å². The van der Waals surface area contributed by atoms with Gasteiger partial charge in [0, 0.05) is 26.7 Å². The van der Waals surface area contributed by atoms with Gasteiger partial charge < -0.3 is 9.80 Å². The van der Waals surface area contributed by atoms with Crippen LogP contribution in [0.15, 0.2) is 0 Å². The number of urea groups is 1. The van der Waals surface area contributed by atoms with Gasteiger partial charge in [-0.05, 0) is 19.8 Å². The van der Waals surface area contributed by atoms with Crippen molar-refractivity contribution in [2.24, 2.45) is 0 Å². The summed E-state index contributed by atoms with van der Waals surface area (Å²) in [4.78, 5) is 15.4. The lowest BCUT2D eigenvalue weighted by Crippen LogP contribution is -2.44. The number of rotatable bonds is 2. The van der Waals surface area contributed by atoms with Crippen LogP contribution in [0.25, 0.3) is 0 Å². The summed E-state index contributed by atoms with van der Waals surface area (Å²) in [6, 6.07) is 0.661. The molecule has 0 spiro atoms. The number of nitrogens with zero attached hydrogens (tertiary/aromatic N) is 2. The van der Waals surface area contributed by atoms with Gasteiger partial charge in [-0.2, -0.15) is 0 Å². The van der Waals surface area contributed by atoms with Crippen molar-refractivity contribution in [3.63, 3.8) is 0 Å². The van der Waals surface area contributed by atoms with E-state index in [0.29, 0.717) is 6.04 Å². The molecule has 0 aromatic carbocycles. The maximum Gasteiger partial charge on any atom is 0.319 e. The monoisotopic (exact) mass is 184 g/mol. The maximum absolute atomic E-state index is 11.7. The van der Waals surface area contributed by atoms with Gasteiger partial charge >= 0.3 is 6.03 Å². The van der Waals surface area contributed by atoms with Crippen molar-refractivity contribution in [2.45, 2.75) is 38.6 Å². The lowest BCUT2D eigenvalue weighted by atomic mass is 10.2. The van der Waals surface area contributed by atoms with E-state index in [1.165, 1.54) is 25.7 Å². The summed E-state index contributed by atoms with van der Waals surface area (Å²) in [6.45, 7) is 2.89. The molecule has 0 bridgehead atoms. The molecule has 0 atom stereocenters. The van der Waals surface area contributed by atoms with Crippen molar-refractivity contribution < 1.29 is 4.79 Å². The molecule has 1 fully saturated rings. The molecule has 0 N–H and O–H groups in total. The van der Waals surface area contributed by atoms with Gasteiger partial charge in [0.1, 0.15) is 0 Å². The van der Waals surface area contributed by atoms with Crippen LogP contribution in [-0.2, 0) is 0 Å². The summed E-state index contributed by atoms with van der Waals surface area (Å²) in [5.74, 6) is 0. The fourth-order valence-corrected chi connectivity index (χ4v) is 2.02. The number of carbonyl (C=O) groups is 1. The van der Waals surface area contributed by atoms with Gasteiger partial charge in [0.25, 0.3) is 0 Å². The van der Waals surface area contributed by atoms with Crippen LogP contribution in [-0.4, -0.2) is 42.5 Å². The quantitative estimate of drug-likeness (QED) is 0.643. The number of hydrogen-bond acceptors (Lipinski definition) is 1. The van der Waals surface area contributed by atoms with Gasteiger partial charge in [-0.15, -0.1) is 0 Å². The van der Waals surface area contributed by atoms with Gasteiger partial charge in [-0.25, -0.2) is 4.79 Å². The van der Waals surface area contributed by atoms with Crippen molar-refractivity contribution in [2.75, 3.05) is 20.6 Å². The molecule has 0 heterocycles. The molecule has 0 saturated heterocycles. The van der Waals surface area contributed by atoms with E-state index in [4.69, 9.17) is 0 Å². The summed E-state index contributed by atoms with van der Waals surface area (Å²) in [5.41, 5.74) is 0. The Bertz CT molecular complexity index is 174. The molecule has 0 radical (unpaired) electrons. The van der Waals surface area contributed by atoms with Gasteiger partial charge in [-0.1, -0.05) is 12.8 Å². The first-order chi connectivity index (χ1) is 6.16. The van der Waals surface area contributed by atoms with Crippen LogP contribution in [0.2, 0.25) is 0 Å². The zero-order valence-electron chi connectivity index (χ0n) is 8.92. The van der Waals surface area contributed by atoms with Gasteiger partial charge in [0.05, 0.1) is 0 Å². The Labute approximate surface area is 80.7 Å². The van der Waals surface area contributed by atoms with Crippen molar-refractivity contribution in [1.82, 2.24) is 9.80 Å². The molecule has 0 aromatic rings. The number of carbonyl (C=O) groups excluding carboxylic acids is 1. The first-order valence-electron chi connectivity index (χ1n) is 5.14. The standard InChI is InChI=1S/C10H20N2O/c1-4-12(10(13)11(2)3)9-7-5-6-8-9/h9H,4-8H2,1-3H3. The molecule has 3 heteroatoms. The highest BCUT2D eigenvalue weighted by Crippen LogP contribution is 2.23. The molecule has 13 heavy (non-hydrogen) atoms. The van der Waals surface area contributed by atoms with Crippen molar-refractivity contribution in [3.05, 3.63) is 0 Å². The summed E-state index contributed by atoms with van der Waals surface area (Å²) >= 11 is 0. The van der Waals surface area contributed by atoms with Crippen LogP contribution in [0.3, 0.4) is 0 Å². The smallest absolute Gasteiger partial charge is 0.319 e. The van der Waals surface area contributed by atoms with Gasteiger partial charge in [0.2, 0.25) is 0 Å². The Morgan fingerprint density at radius 1 is 1.31 bits per heavy atom. The Balaban J connectivity index is 2.55. The number of amides is 2. The largest absolute Gasteiger partial charge is 0.331 e. The maximum atomic E-state index is 11.7. The van der Waals surface area contributed by atoms with E-state index in [9.17, 15) is 4.79 Å². The van der Waals surface area contributed by atoms with E-state index < -0.39 is 0 Å². The molecule has 1 saturated carbocycles. The molecule has 76 valence electrons. The van der Waals surface area contributed by atoms with E-state index in [1.54, 1.807) is 4.90 Å². The Morgan fingerprint density at radius 3 is 2.23 bits per heavy atom. The highest BCUT2D eigenvalue weighted by molar-refractivity contribution is 5.74. The Kier molecular flexibility index (Phi) is 3.58. The molecule has 2 amide bonds. The molecule has 1 rings (SSSR count). The predicted octanol–water partition coefficient (Wildman–Crippen LogP) is 1.93.